The maximum Gasteiger partial charge on any atom is 0.0945 e. The molecule has 0 aromatic heterocycles. The van der Waals surface area contributed by atoms with Crippen molar-refractivity contribution in [3.05, 3.63) is 27.7 Å². The van der Waals surface area contributed by atoms with Gasteiger partial charge in [0, 0.05) is 11.0 Å². The van der Waals surface area contributed by atoms with Crippen LogP contribution in [-0.2, 0) is 4.74 Å². The molecule has 1 aliphatic carbocycles. The molecule has 1 aromatic rings. The van der Waals surface area contributed by atoms with Gasteiger partial charge in [-0.2, -0.15) is 0 Å². The number of ether oxygens (including phenoxy) is 1. The topological polar surface area (TPSA) is 41.5 Å². The smallest absolute Gasteiger partial charge is 0.0945 e. The normalized spacial score (nSPS) is 17.9. The van der Waals surface area contributed by atoms with E-state index in [1.807, 2.05) is 18.2 Å². The Morgan fingerprint density at radius 1 is 1.35 bits per heavy atom. The zero-order chi connectivity index (χ0) is 14.4. The van der Waals surface area contributed by atoms with Crippen molar-refractivity contribution in [1.29, 1.82) is 0 Å². The van der Waals surface area contributed by atoms with Gasteiger partial charge in [-0.05, 0) is 31.0 Å². The van der Waals surface area contributed by atoms with Crippen LogP contribution in [-0.4, -0.2) is 30.5 Å². The van der Waals surface area contributed by atoms with E-state index in [-0.39, 0.29) is 0 Å². The Morgan fingerprint density at radius 2 is 2.10 bits per heavy atom. The van der Waals surface area contributed by atoms with Crippen LogP contribution >= 0.6 is 27.5 Å². The number of hydrogen-bond donors (Lipinski definition) is 2. The number of rotatable bonds is 6. The fourth-order valence-electron chi connectivity index (χ4n) is 2.40. The Morgan fingerprint density at radius 3 is 2.80 bits per heavy atom. The first-order valence-corrected chi connectivity index (χ1v) is 8.31. The fourth-order valence-corrected chi connectivity index (χ4v) is 3.14. The predicted molar refractivity (Wildman–Crippen MR) is 86.5 cm³/mol. The van der Waals surface area contributed by atoms with E-state index in [2.05, 4.69) is 21.2 Å². The molecule has 1 atom stereocenters. The first-order valence-electron chi connectivity index (χ1n) is 7.14. The molecule has 0 heterocycles. The standard InChI is InChI=1S/C15H21BrClNO2/c16-11-6-7-15(14(17)8-11)18-9-12(19)10-20-13-4-2-1-3-5-13/h6-8,12-13,18-19H,1-5,9-10H2. The molecule has 0 aliphatic heterocycles. The lowest BCUT2D eigenvalue weighted by atomic mass is 9.98. The van der Waals surface area contributed by atoms with Gasteiger partial charge in [-0.25, -0.2) is 0 Å². The van der Waals surface area contributed by atoms with Crippen LogP contribution in [0.25, 0.3) is 0 Å². The maximum absolute atomic E-state index is 9.95. The van der Waals surface area contributed by atoms with Gasteiger partial charge >= 0.3 is 0 Å². The van der Waals surface area contributed by atoms with Gasteiger partial charge in [-0.1, -0.05) is 46.8 Å². The van der Waals surface area contributed by atoms with Crippen molar-refractivity contribution in [3.63, 3.8) is 0 Å². The highest BCUT2D eigenvalue weighted by Crippen LogP contribution is 2.25. The van der Waals surface area contributed by atoms with Crippen LogP contribution < -0.4 is 5.32 Å². The second-order valence-corrected chi connectivity index (χ2v) is 6.58. The Balaban J connectivity index is 1.70. The SMILES string of the molecule is OC(CNc1ccc(Br)cc1Cl)COC1CCCCC1. The summed E-state index contributed by atoms with van der Waals surface area (Å²) in [5.74, 6) is 0. The first-order chi connectivity index (χ1) is 9.65. The van der Waals surface area contributed by atoms with E-state index < -0.39 is 6.10 Å². The van der Waals surface area contributed by atoms with Gasteiger partial charge in [0.15, 0.2) is 0 Å². The number of aliphatic hydroxyl groups is 1. The van der Waals surface area contributed by atoms with E-state index >= 15 is 0 Å². The summed E-state index contributed by atoms with van der Waals surface area (Å²) in [6.45, 7) is 0.819. The maximum atomic E-state index is 9.95. The van der Waals surface area contributed by atoms with Gasteiger partial charge in [0.05, 0.1) is 29.5 Å². The highest BCUT2D eigenvalue weighted by atomic mass is 79.9. The quantitative estimate of drug-likeness (QED) is 0.796. The Bertz CT molecular complexity index is 424. The molecule has 1 aliphatic rings. The van der Waals surface area contributed by atoms with Crippen molar-refractivity contribution in [1.82, 2.24) is 0 Å². The van der Waals surface area contributed by atoms with Crippen molar-refractivity contribution in [2.45, 2.75) is 44.3 Å². The summed E-state index contributed by atoms with van der Waals surface area (Å²) < 4.78 is 6.69. The molecule has 0 spiro atoms. The lowest BCUT2D eigenvalue weighted by molar-refractivity contribution is -0.0195. The van der Waals surface area contributed by atoms with E-state index in [9.17, 15) is 5.11 Å². The number of anilines is 1. The summed E-state index contributed by atoms with van der Waals surface area (Å²) in [6.07, 6.45) is 5.86. The summed E-state index contributed by atoms with van der Waals surface area (Å²) >= 11 is 9.47. The molecule has 1 fully saturated rings. The molecule has 2 N–H and O–H groups in total. The van der Waals surface area contributed by atoms with Crippen LogP contribution in [0.3, 0.4) is 0 Å². The molecule has 0 amide bonds. The van der Waals surface area contributed by atoms with Gasteiger partial charge < -0.3 is 15.2 Å². The zero-order valence-corrected chi connectivity index (χ0v) is 13.8. The minimum absolute atomic E-state index is 0.328. The molecular formula is C15H21BrClNO2. The average molecular weight is 363 g/mol. The van der Waals surface area contributed by atoms with Gasteiger partial charge in [0.1, 0.15) is 0 Å². The third kappa shape index (κ3) is 5.24. The summed E-state index contributed by atoms with van der Waals surface area (Å²) in [4.78, 5) is 0. The molecule has 0 bridgehead atoms. The van der Waals surface area contributed by atoms with Crippen LogP contribution in [0.4, 0.5) is 5.69 Å². The molecule has 2 rings (SSSR count). The third-order valence-electron chi connectivity index (χ3n) is 3.54. The van der Waals surface area contributed by atoms with Crippen molar-refractivity contribution in [2.24, 2.45) is 0 Å². The summed E-state index contributed by atoms with van der Waals surface area (Å²) in [5.41, 5.74) is 0.826. The summed E-state index contributed by atoms with van der Waals surface area (Å²) in [7, 11) is 0. The molecule has 3 nitrogen and oxygen atoms in total. The number of aliphatic hydroxyl groups excluding tert-OH is 1. The van der Waals surface area contributed by atoms with Crippen molar-refractivity contribution in [3.8, 4) is 0 Å². The van der Waals surface area contributed by atoms with Crippen LogP contribution in [0.1, 0.15) is 32.1 Å². The third-order valence-corrected chi connectivity index (χ3v) is 4.34. The lowest BCUT2D eigenvalue weighted by Gasteiger charge is -2.23. The number of benzene rings is 1. The van der Waals surface area contributed by atoms with E-state index in [1.54, 1.807) is 0 Å². The Kier molecular flexibility index (Phi) is 6.62. The largest absolute Gasteiger partial charge is 0.389 e. The minimum Gasteiger partial charge on any atom is -0.389 e. The molecule has 112 valence electrons. The van der Waals surface area contributed by atoms with Crippen molar-refractivity contribution < 1.29 is 9.84 Å². The van der Waals surface area contributed by atoms with Gasteiger partial charge in [-0.3, -0.25) is 0 Å². The van der Waals surface area contributed by atoms with Gasteiger partial charge in [0.25, 0.3) is 0 Å². The highest BCUT2D eigenvalue weighted by Gasteiger charge is 2.15. The average Bonchev–Trinajstić information content (AvgIpc) is 2.45. The number of nitrogens with one attached hydrogen (secondary N) is 1. The fraction of sp³-hybridized carbons (Fsp3) is 0.600. The Hall–Kier alpha value is -0.290. The van der Waals surface area contributed by atoms with E-state index in [0.29, 0.717) is 24.3 Å². The molecule has 0 radical (unpaired) electrons. The van der Waals surface area contributed by atoms with Crippen LogP contribution in [0, 0.1) is 0 Å². The molecule has 1 saturated carbocycles. The van der Waals surface area contributed by atoms with Gasteiger partial charge in [0.2, 0.25) is 0 Å². The van der Waals surface area contributed by atoms with Crippen molar-refractivity contribution >= 4 is 33.2 Å². The highest BCUT2D eigenvalue weighted by molar-refractivity contribution is 9.10. The second-order valence-electron chi connectivity index (χ2n) is 5.25. The monoisotopic (exact) mass is 361 g/mol. The minimum atomic E-state index is -0.517. The van der Waals surface area contributed by atoms with Gasteiger partial charge in [-0.15, -0.1) is 0 Å². The van der Waals surface area contributed by atoms with Crippen LogP contribution in [0.15, 0.2) is 22.7 Å². The molecule has 0 saturated heterocycles. The van der Waals surface area contributed by atoms with E-state index in [0.717, 1.165) is 23.0 Å². The predicted octanol–water partition coefficient (Wildman–Crippen LogP) is 4.22. The lowest BCUT2D eigenvalue weighted by Crippen LogP contribution is -2.28. The van der Waals surface area contributed by atoms with E-state index in [4.69, 9.17) is 16.3 Å². The zero-order valence-electron chi connectivity index (χ0n) is 11.4. The molecule has 20 heavy (non-hydrogen) atoms. The van der Waals surface area contributed by atoms with E-state index in [1.165, 1.54) is 19.3 Å². The summed E-state index contributed by atoms with van der Waals surface area (Å²) in [6, 6.07) is 5.63. The van der Waals surface area contributed by atoms with Crippen LogP contribution in [0.5, 0.6) is 0 Å². The molecule has 1 aromatic carbocycles. The molecular weight excluding hydrogens is 342 g/mol. The Labute approximate surface area is 133 Å². The first kappa shape index (κ1) is 16.1. The number of halogens is 2. The second kappa shape index (κ2) is 8.23. The molecule has 1 unspecified atom stereocenters. The molecule has 5 heteroatoms. The summed E-state index contributed by atoms with van der Waals surface area (Å²) in [5, 5.41) is 13.7. The van der Waals surface area contributed by atoms with Crippen molar-refractivity contribution in [2.75, 3.05) is 18.5 Å². The number of hydrogen-bond acceptors (Lipinski definition) is 3. The van der Waals surface area contributed by atoms with Crippen LogP contribution in [0.2, 0.25) is 5.02 Å².